The van der Waals surface area contributed by atoms with E-state index in [1.54, 1.807) is 16.7 Å². The SMILES string of the molecule is O=c1c2ccc(Cc3ccc(F)c(Cl)c3)n2ccn1CCN1CCCC1. The average Bonchev–Trinajstić information content (AvgIpc) is 3.28. The van der Waals surface area contributed by atoms with Crippen molar-refractivity contribution in [2.45, 2.75) is 25.8 Å². The van der Waals surface area contributed by atoms with Gasteiger partial charge in [-0.15, -0.1) is 0 Å². The first-order chi connectivity index (χ1) is 12.6. The third kappa shape index (κ3) is 3.41. The van der Waals surface area contributed by atoms with E-state index >= 15 is 0 Å². The molecule has 0 unspecified atom stereocenters. The van der Waals surface area contributed by atoms with E-state index in [0.717, 1.165) is 30.9 Å². The van der Waals surface area contributed by atoms with Crippen LogP contribution in [0.2, 0.25) is 5.02 Å². The topological polar surface area (TPSA) is 29.6 Å². The number of likely N-dealkylation sites (tertiary alicyclic amines) is 1. The lowest BCUT2D eigenvalue weighted by atomic mass is 10.1. The van der Waals surface area contributed by atoms with Crippen LogP contribution in [0.5, 0.6) is 0 Å². The number of halogens is 2. The second kappa shape index (κ2) is 7.25. The number of hydrogen-bond acceptors (Lipinski definition) is 2. The zero-order valence-corrected chi connectivity index (χ0v) is 15.3. The Balaban J connectivity index is 1.57. The lowest BCUT2D eigenvalue weighted by Crippen LogP contribution is -2.29. The first-order valence-corrected chi connectivity index (χ1v) is 9.35. The molecule has 0 amide bonds. The Morgan fingerprint density at radius 2 is 1.85 bits per heavy atom. The van der Waals surface area contributed by atoms with Gasteiger partial charge in [-0.25, -0.2) is 4.39 Å². The van der Waals surface area contributed by atoms with E-state index in [1.807, 2.05) is 28.9 Å². The molecule has 0 bridgehead atoms. The molecule has 0 N–H and O–H groups in total. The summed E-state index contributed by atoms with van der Waals surface area (Å²) in [4.78, 5) is 15.2. The van der Waals surface area contributed by atoms with Crippen molar-refractivity contribution in [1.29, 1.82) is 0 Å². The maximum atomic E-state index is 13.3. The van der Waals surface area contributed by atoms with E-state index in [0.29, 0.717) is 18.5 Å². The quantitative estimate of drug-likeness (QED) is 0.684. The summed E-state index contributed by atoms with van der Waals surface area (Å²) >= 11 is 5.87. The maximum absolute atomic E-state index is 13.3. The summed E-state index contributed by atoms with van der Waals surface area (Å²) in [5, 5.41) is 0.118. The molecule has 1 saturated heterocycles. The van der Waals surface area contributed by atoms with Crippen LogP contribution in [-0.2, 0) is 13.0 Å². The van der Waals surface area contributed by atoms with Crippen LogP contribution < -0.4 is 5.56 Å². The summed E-state index contributed by atoms with van der Waals surface area (Å²) < 4.78 is 17.0. The highest BCUT2D eigenvalue weighted by molar-refractivity contribution is 6.30. The van der Waals surface area contributed by atoms with Crippen molar-refractivity contribution < 1.29 is 4.39 Å². The molecule has 0 aliphatic carbocycles. The van der Waals surface area contributed by atoms with Gasteiger partial charge in [-0.05, 0) is 55.8 Å². The Morgan fingerprint density at radius 3 is 2.62 bits per heavy atom. The van der Waals surface area contributed by atoms with Crippen molar-refractivity contribution in [1.82, 2.24) is 13.9 Å². The highest BCUT2D eigenvalue weighted by atomic mass is 35.5. The van der Waals surface area contributed by atoms with E-state index in [4.69, 9.17) is 11.6 Å². The Labute approximate surface area is 156 Å². The first kappa shape index (κ1) is 17.3. The molecule has 3 heterocycles. The minimum absolute atomic E-state index is 0.0232. The van der Waals surface area contributed by atoms with Gasteiger partial charge in [0, 0.05) is 37.6 Å². The molecule has 26 heavy (non-hydrogen) atoms. The fourth-order valence-electron chi connectivity index (χ4n) is 3.64. The summed E-state index contributed by atoms with van der Waals surface area (Å²) in [6.07, 6.45) is 6.88. The van der Waals surface area contributed by atoms with E-state index in [2.05, 4.69) is 4.90 Å². The number of nitrogens with zero attached hydrogens (tertiary/aromatic N) is 3. The second-order valence-electron chi connectivity index (χ2n) is 6.85. The third-order valence-electron chi connectivity index (χ3n) is 5.10. The molecule has 4 nitrogen and oxygen atoms in total. The Bertz CT molecular complexity index is 988. The van der Waals surface area contributed by atoms with Gasteiger partial charge in [-0.1, -0.05) is 17.7 Å². The van der Waals surface area contributed by atoms with Crippen molar-refractivity contribution in [3.8, 4) is 0 Å². The third-order valence-corrected chi connectivity index (χ3v) is 5.39. The number of fused-ring (bicyclic) bond motifs is 1. The van der Waals surface area contributed by atoms with Gasteiger partial charge in [0.25, 0.3) is 5.56 Å². The molecule has 4 rings (SSSR count). The molecule has 1 aromatic carbocycles. The van der Waals surface area contributed by atoms with Crippen LogP contribution in [0.3, 0.4) is 0 Å². The lowest BCUT2D eigenvalue weighted by molar-refractivity contribution is 0.320. The van der Waals surface area contributed by atoms with Crippen LogP contribution in [0, 0.1) is 5.82 Å². The number of rotatable bonds is 5. The number of aromatic nitrogens is 2. The Morgan fingerprint density at radius 1 is 1.04 bits per heavy atom. The summed E-state index contributed by atoms with van der Waals surface area (Å²) in [6, 6.07) is 8.53. The standard InChI is InChI=1S/C20H21ClFN3O/c21-17-14-15(3-5-18(17)22)13-16-4-6-19-20(26)24(11-12-25(16)19)10-9-23-7-1-2-8-23/h3-6,11-12,14H,1-2,7-10,13H2. The first-order valence-electron chi connectivity index (χ1n) is 8.97. The zero-order valence-electron chi connectivity index (χ0n) is 14.5. The molecule has 1 fully saturated rings. The lowest BCUT2D eigenvalue weighted by Gasteiger charge is -2.15. The van der Waals surface area contributed by atoms with Crippen LogP contribution in [0.1, 0.15) is 24.1 Å². The largest absolute Gasteiger partial charge is 0.314 e. The predicted molar refractivity (Wildman–Crippen MR) is 102 cm³/mol. The van der Waals surface area contributed by atoms with Gasteiger partial charge in [-0.2, -0.15) is 0 Å². The average molecular weight is 374 g/mol. The van der Waals surface area contributed by atoms with Crippen molar-refractivity contribution in [2.24, 2.45) is 0 Å². The summed E-state index contributed by atoms with van der Waals surface area (Å²) in [7, 11) is 0. The predicted octanol–water partition coefficient (Wildman–Crippen LogP) is 3.58. The van der Waals surface area contributed by atoms with Crippen LogP contribution >= 0.6 is 11.6 Å². The zero-order chi connectivity index (χ0) is 18.1. The molecule has 136 valence electrons. The smallest absolute Gasteiger partial charge is 0.274 e. The van der Waals surface area contributed by atoms with Crippen LogP contribution in [0.4, 0.5) is 4.39 Å². The number of benzene rings is 1. The Hall–Kier alpha value is -2.11. The van der Waals surface area contributed by atoms with Gasteiger partial charge >= 0.3 is 0 Å². The summed E-state index contributed by atoms with van der Waals surface area (Å²) in [6.45, 7) is 3.89. The monoisotopic (exact) mass is 373 g/mol. The van der Waals surface area contributed by atoms with Crippen LogP contribution in [0.15, 0.2) is 47.5 Å². The molecule has 3 aromatic rings. The van der Waals surface area contributed by atoms with Gasteiger partial charge in [-0.3, -0.25) is 4.79 Å². The highest BCUT2D eigenvalue weighted by Gasteiger charge is 2.13. The van der Waals surface area contributed by atoms with E-state index < -0.39 is 5.82 Å². The van der Waals surface area contributed by atoms with Gasteiger partial charge in [0.15, 0.2) is 0 Å². The normalized spacial score (nSPS) is 15.2. The van der Waals surface area contributed by atoms with Crippen molar-refractivity contribution >= 4 is 17.1 Å². The molecule has 2 aromatic heterocycles. The Kier molecular flexibility index (Phi) is 4.83. The highest BCUT2D eigenvalue weighted by Crippen LogP contribution is 2.19. The molecular weight excluding hydrogens is 353 g/mol. The fourth-order valence-corrected chi connectivity index (χ4v) is 3.84. The van der Waals surface area contributed by atoms with E-state index in [-0.39, 0.29) is 10.6 Å². The summed E-state index contributed by atoms with van der Waals surface area (Å²) in [5.74, 6) is -0.420. The molecule has 6 heteroatoms. The van der Waals surface area contributed by atoms with Gasteiger partial charge in [0.1, 0.15) is 11.3 Å². The van der Waals surface area contributed by atoms with Gasteiger partial charge < -0.3 is 13.9 Å². The van der Waals surface area contributed by atoms with Crippen LogP contribution in [0.25, 0.3) is 5.52 Å². The summed E-state index contributed by atoms with van der Waals surface area (Å²) in [5.41, 5.74) is 2.58. The minimum Gasteiger partial charge on any atom is -0.314 e. The van der Waals surface area contributed by atoms with Crippen LogP contribution in [-0.4, -0.2) is 33.5 Å². The number of hydrogen-bond donors (Lipinski definition) is 0. The second-order valence-corrected chi connectivity index (χ2v) is 7.26. The molecule has 0 spiro atoms. The van der Waals surface area contributed by atoms with Crippen molar-refractivity contribution in [3.05, 3.63) is 75.2 Å². The molecule has 1 aliphatic heterocycles. The molecular formula is C20H21ClFN3O. The fraction of sp³-hybridized carbons (Fsp3) is 0.350. The molecule has 0 atom stereocenters. The maximum Gasteiger partial charge on any atom is 0.274 e. The van der Waals surface area contributed by atoms with E-state index in [9.17, 15) is 9.18 Å². The van der Waals surface area contributed by atoms with E-state index in [1.165, 1.54) is 18.9 Å². The van der Waals surface area contributed by atoms with Crippen molar-refractivity contribution in [3.63, 3.8) is 0 Å². The van der Waals surface area contributed by atoms with Gasteiger partial charge in [0.05, 0.1) is 5.02 Å². The molecule has 0 saturated carbocycles. The minimum atomic E-state index is -0.420. The molecule has 0 radical (unpaired) electrons. The van der Waals surface area contributed by atoms with Gasteiger partial charge in [0.2, 0.25) is 0 Å². The van der Waals surface area contributed by atoms with Crippen molar-refractivity contribution in [2.75, 3.05) is 19.6 Å². The molecule has 1 aliphatic rings.